The molecule has 134 valence electrons. The van der Waals surface area contributed by atoms with E-state index in [1.165, 1.54) is 10.6 Å². The van der Waals surface area contributed by atoms with Gasteiger partial charge >= 0.3 is 5.69 Å². The van der Waals surface area contributed by atoms with Gasteiger partial charge in [-0.3, -0.25) is 4.57 Å². The zero-order chi connectivity index (χ0) is 18.4. The summed E-state index contributed by atoms with van der Waals surface area (Å²) in [6.45, 7) is 1.50. The normalized spacial score (nSPS) is 14.3. The highest BCUT2D eigenvalue weighted by Gasteiger charge is 2.23. The largest absolute Gasteiger partial charge is 0.506 e. The summed E-state index contributed by atoms with van der Waals surface area (Å²) in [4.78, 5) is 18.7. The molecule has 1 aliphatic heterocycles. The fourth-order valence-electron chi connectivity index (χ4n) is 3.16. The van der Waals surface area contributed by atoms with Crippen LogP contribution < -0.4 is 10.6 Å². The van der Waals surface area contributed by atoms with Gasteiger partial charge in [-0.25, -0.2) is 4.79 Å². The van der Waals surface area contributed by atoms with Crippen LogP contribution in [0.4, 0.5) is 11.5 Å². The van der Waals surface area contributed by atoms with Crippen molar-refractivity contribution in [2.24, 2.45) is 7.05 Å². The quantitative estimate of drug-likeness (QED) is 0.630. The number of ether oxygens (including phenoxy) is 1. The minimum absolute atomic E-state index is 0.0753. The summed E-state index contributed by atoms with van der Waals surface area (Å²) in [5.41, 5.74) is 2.06. The number of hydrogen-bond acceptors (Lipinski definition) is 5. The molecule has 4 rings (SSSR count). The maximum atomic E-state index is 12.4. The van der Waals surface area contributed by atoms with Crippen LogP contribution in [-0.2, 0) is 18.4 Å². The number of phenolic OH excluding ortho intramolecular Hbond substituents is 1. The highest BCUT2D eigenvalue weighted by molar-refractivity contribution is 9.10. The van der Waals surface area contributed by atoms with Crippen molar-refractivity contribution in [1.82, 2.24) is 9.55 Å². The number of phenols is 1. The first-order valence-electron chi connectivity index (χ1n) is 7.99. The minimum Gasteiger partial charge on any atom is -0.506 e. The summed E-state index contributed by atoms with van der Waals surface area (Å²) in [6, 6.07) is 8.99. The van der Waals surface area contributed by atoms with Gasteiger partial charge in [0.05, 0.1) is 23.8 Å². The highest BCUT2D eigenvalue weighted by Crippen LogP contribution is 2.38. The Bertz CT molecular complexity index is 1080. The van der Waals surface area contributed by atoms with Crippen molar-refractivity contribution in [1.29, 1.82) is 0 Å². The number of aromatic hydroxyl groups is 1. The van der Waals surface area contributed by atoms with Gasteiger partial charge in [0.1, 0.15) is 11.6 Å². The average Bonchev–Trinajstić information content (AvgIpc) is 2.83. The first-order valence-corrected chi connectivity index (χ1v) is 9.16. The van der Waals surface area contributed by atoms with E-state index < -0.39 is 5.69 Å². The first kappa shape index (κ1) is 17.3. The number of hydrogen-bond donors (Lipinski definition) is 1. The molecule has 6 nitrogen and oxygen atoms in total. The van der Waals surface area contributed by atoms with E-state index in [0.29, 0.717) is 36.5 Å². The van der Waals surface area contributed by atoms with Gasteiger partial charge in [-0.05, 0) is 18.2 Å². The first-order chi connectivity index (χ1) is 12.5. The van der Waals surface area contributed by atoms with Crippen LogP contribution in [0.15, 0.2) is 39.6 Å². The predicted molar refractivity (Wildman–Crippen MR) is 104 cm³/mol. The van der Waals surface area contributed by atoms with E-state index >= 15 is 0 Å². The lowest BCUT2D eigenvalue weighted by Gasteiger charge is -2.25. The molecule has 0 amide bonds. The molecule has 1 aromatic heterocycles. The van der Waals surface area contributed by atoms with E-state index in [9.17, 15) is 9.90 Å². The SMILES string of the molecule is Cn1c(=O)nc(N2CCOCc3c(Br)cccc32)c2cc(Cl)c(O)cc21. The molecule has 0 saturated carbocycles. The summed E-state index contributed by atoms with van der Waals surface area (Å²) < 4.78 is 8.04. The van der Waals surface area contributed by atoms with Crippen LogP contribution in [0.5, 0.6) is 5.75 Å². The Labute approximate surface area is 162 Å². The highest BCUT2D eigenvalue weighted by atomic mass is 79.9. The Hall–Kier alpha value is -2.09. The molecule has 0 radical (unpaired) electrons. The van der Waals surface area contributed by atoms with E-state index in [2.05, 4.69) is 20.9 Å². The Morgan fingerprint density at radius 1 is 1.35 bits per heavy atom. The number of halogens is 2. The molecule has 0 aliphatic carbocycles. The summed E-state index contributed by atoms with van der Waals surface area (Å²) >= 11 is 9.70. The van der Waals surface area contributed by atoms with Crippen LogP contribution in [0.3, 0.4) is 0 Å². The second-order valence-electron chi connectivity index (χ2n) is 6.04. The predicted octanol–water partition coefficient (Wildman–Crippen LogP) is 3.72. The maximum Gasteiger partial charge on any atom is 0.349 e. The lowest BCUT2D eigenvalue weighted by molar-refractivity contribution is 0.133. The Balaban J connectivity index is 2.04. The monoisotopic (exact) mass is 435 g/mol. The zero-order valence-corrected chi connectivity index (χ0v) is 16.2. The molecule has 0 bridgehead atoms. The van der Waals surface area contributed by atoms with Crippen molar-refractivity contribution in [2.45, 2.75) is 6.61 Å². The Morgan fingerprint density at radius 3 is 2.96 bits per heavy atom. The fourth-order valence-corrected chi connectivity index (χ4v) is 3.79. The summed E-state index contributed by atoms with van der Waals surface area (Å²) in [7, 11) is 1.62. The molecule has 1 N–H and O–H groups in total. The van der Waals surface area contributed by atoms with Gasteiger partial charge in [-0.2, -0.15) is 4.98 Å². The Morgan fingerprint density at radius 2 is 2.15 bits per heavy atom. The van der Waals surface area contributed by atoms with Crippen molar-refractivity contribution < 1.29 is 9.84 Å². The van der Waals surface area contributed by atoms with Crippen LogP contribution in [-0.4, -0.2) is 27.8 Å². The molecule has 26 heavy (non-hydrogen) atoms. The molecule has 3 aromatic rings. The maximum absolute atomic E-state index is 12.4. The van der Waals surface area contributed by atoms with Gasteiger partial charge in [0.15, 0.2) is 0 Å². The van der Waals surface area contributed by atoms with E-state index in [1.807, 2.05) is 23.1 Å². The van der Waals surface area contributed by atoms with Gasteiger partial charge in [0.2, 0.25) is 0 Å². The van der Waals surface area contributed by atoms with Gasteiger partial charge in [-0.15, -0.1) is 0 Å². The molecule has 0 spiro atoms. The molecular weight excluding hydrogens is 422 g/mol. The van der Waals surface area contributed by atoms with Crippen LogP contribution in [0.1, 0.15) is 5.56 Å². The van der Waals surface area contributed by atoms with E-state index in [1.54, 1.807) is 13.1 Å². The van der Waals surface area contributed by atoms with Crippen LogP contribution >= 0.6 is 27.5 Å². The number of benzene rings is 2. The lowest BCUT2D eigenvalue weighted by Crippen LogP contribution is -2.28. The molecule has 0 atom stereocenters. The van der Waals surface area contributed by atoms with E-state index in [-0.39, 0.29) is 10.8 Å². The van der Waals surface area contributed by atoms with Crippen molar-refractivity contribution in [3.8, 4) is 5.75 Å². The third-order valence-electron chi connectivity index (χ3n) is 4.50. The molecule has 2 heterocycles. The van der Waals surface area contributed by atoms with E-state index in [0.717, 1.165) is 15.7 Å². The summed E-state index contributed by atoms with van der Waals surface area (Å²) in [5, 5.41) is 10.9. The van der Waals surface area contributed by atoms with Crippen molar-refractivity contribution >= 4 is 49.9 Å². The fraction of sp³-hybridized carbons (Fsp3) is 0.222. The Kier molecular flexibility index (Phi) is 4.38. The number of fused-ring (bicyclic) bond motifs is 2. The van der Waals surface area contributed by atoms with Crippen LogP contribution in [0.25, 0.3) is 10.9 Å². The number of aromatic nitrogens is 2. The number of rotatable bonds is 1. The zero-order valence-electron chi connectivity index (χ0n) is 13.9. The third-order valence-corrected chi connectivity index (χ3v) is 5.55. The standard InChI is InChI=1S/C18H15BrClN3O3/c1-22-15-8-16(24)13(20)7-10(15)17(21-18(22)25)23-5-6-26-9-11-12(19)3-2-4-14(11)23/h2-4,7-8,24H,5-6,9H2,1H3. The van der Waals surface area contributed by atoms with Crippen molar-refractivity contribution in [2.75, 3.05) is 18.1 Å². The number of nitrogens with zero attached hydrogens (tertiary/aromatic N) is 3. The van der Waals surface area contributed by atoms with Gasteiger partial charge in [0.25, 0.3) is 0 Å². The average molecular weight is 437 g/mol. The molecule has 1 aliphatic rings. The molecule has 2 aromatic carbocycles. The molecular formula is C18H15BrClN3O3. The minimum atomic E-state index is -0.407. The van der Waals surface area contributed by atoms with Crippen molar-refractivity contribution in [3.63, 3.8) is 0 Å². The third kappa shape index (κ3) is 2.76. The summed E-state index contributed by atoms with van der Waals surface area (Å²) in [6.07, 6.45) is 0. The second-order valence-corrected chi connectivity index (χ2v) is 7.30. The van der Waals surface area contributed by atoms with Gasteiger partial charge in [-0.1, -0.05) is 33.6 Å². The number of aryl methyl sites for hydroxylation is 1. The van der Waals surface area contributed by atoms with Gasteiger partial charge in [0, 0.05) is 40.8 Å². The molecule has 0 fully saturated rings. The van der Waals surface area contributed by atoms with E-state index in [4.69, 9.17) is 16.3 Å². The van der Waals surface area contributed by atoms with Crippen LogP contribution in [0, 0.1) is 0 Å². The summed E-state index contributed by atoms with van der Waals surface area (Å²) in [5.74, 6) is 0.420. The molecule has 8 heteroatoms. The van der Waals surface area contributed by atoms with Crippen LogP contribution in [0.2, 0.25) is 5.02 Å². The lowest BCUT2D eigenvalue weighted by atomic mass is 10.1. The second kappa shape index (κ2) is 6.57. The smallest absolute Gasteiger partial charge is 0.349 e. The molecule has 0 unspecified atom stereocenters. The molecule has 0 saturated heterocycles. The van der Waals surface area contributed by atoms with Crippen molar-refractivity contribution in [3.05, 3.63) is 55.9 Å². The topological polar surface area (TPSA) is 67.6 Å². The van der Waals surface area contributed by atoms with Gasteiger partial charge < -0.3 is 14.7 Å². The number of anilines is 2.